The molecule has 6 nitrogen and oxygen atoms in total. The molecule has 112 valence electrons. The molecule has 2 amide bonds. The van der Waals surface area contributed by atoms with Gasteiger partial charge in [0.2, 0.25) is 0 Å². The van der Waals surface area contributed by atoms with Gasteiger partial charge in [-0.25, -0.2) is 4.79 Å². The Kier molecular flexibility index (Phi) is 5.20. The van der Waals surface area contributed by atoms with E-state index < -0.39 is 0 Å². The molecule has 2 N–H and O–H groups in total. The molecule has 0 bridgehead atoms. The minimum atomic E-state index is -0.307. The standard InChI is InChI=1S/C15H20N4O2/c1-3-4-11-21-13-7-5-12(6-8-13)17-15(20)18-14-9-10-16-19(14)2/h5-10H,3-4,11H2,1-2H3,(H2,17,18,20). The van der Waals surface area contributed by atoms with Gasteiger partial charge in [0, 0.05) is 18.8 Å². The molecular weight excluding hydrogens is 268 g/mol. The van der Waals surface area contributed by atoms with Gasteiger partial charge >= 0.3 is 6.03 Å². The van der Waals surface area contributed by atoms with Crippen LogP contribution >= 0.6 is 0 Å². The normalized spacial score (nSPS) is 10.2. The topological polar surface area (TPSA) is 68.2 Å². The van der Waals surface area contributed by atoms with Crippen LogP contribution in [0.15, 0.2) is 36.5 Å². The summed E-state index contributed by atoms with van der Waals surface area (Å²) in [4.78, 5) is 11.8. The van der Waals surface area contributed by atoms with Gasteiger partial charge in [0.1, 0.15) is 11.6 Å². The summed E-state index contributed by atoms with van der Waals surface area (Å²) in [5, 5.41) is 9.45. The fourth-order valence-corrected chi connectivity index (χ4v) is 1.74. The molecule has 6 heteroatoms. The Balaban J connectivity index is 1.85. The van der Waals surface area contributed by atoms with Crippen LogP contribution in [0.5, 0.6) is 5.75 Å². The fourth-order valence-electron chi connectivity index (χ4n) is 1.74. The summed E-state index contributed by atoms with van der Waals surface area (Å²) < 4.78 is 7.15. The second-order valence-electron chi connectivity index (χ2n) is 4.65. The van der Waals surface area contributed by atoms with Crippen LogP contribution in [0.25, 0.3) is 0 Å². The van der Waals surface area contributed by atoms with Crippen LogP contribution in [0.2, 0.25) is 0 Å². The summed E-state index contributed by atoms with van der Waals surface area (Å²) >= 11 is 0. The first-order chi connectivity index (χ1) is 10.2. The summed E-state index contributed by atoms with van der Waals surface area (Å²) in [6.07, 6.45) is 3.76. The number of carbonyl (C=O) groups is 1. The number of nitrogens with one attached hydrogen (secondary N) is 2. The highest BCUT2D eigenvalue weighted by molar-refractivity contribution is 5.99. The largest absolute Gasteiger partial charge is 0.494 e. The van der Waals surface area contributed by atoms with E-state index in [4.69, 9.17) is 4.74 Å². The average molecular weight is 288 g/mol. The van der Waals surface area contributed by atoms with Gasteiger partial charge < -0.3 is 10.1 Å². The van der Waals surface area contributed by atoms with Crippen molar-refractivity contribution in [3.05, 3.63) is 36.5 Å². The molecule has 0 atom stereocenters. The number of unbranched alkanes of at least 4 members (excludes halogenated alkanes) is 1. The van der Waals surface area contributed by atoms with E-state index in [1.807, 2.05) is 24.3 Å². The van der Waals surface area contributed by atoms with Crippen molar-refractivity contribution in [2.24, 2.45) is 7.05 Å². The zero-order valence-corrected chi connectivity index (χ0v) is 12.3. The van der Waals surface area contributed by atoms with Gasteiger partial charge in [-0.1, -0.05) is 13.3 Å². The Morgan fingerprint density at radius 2 is 2.00 bits per heavy atom. The Morgan fingerprint density at radius 1 is 1.24 bits per heavy atom. The third-order valence-electron chi connectivity index (χ3n) is 2.94. The Labute approximate surface area is 124 Å². The summed E-state index contributed by atoms with van der Waals surface area (Å²) in [5.74, 6) is 1.44. The third-order valence-corrected chi connectivity index (χ3v) is 2.94. The molecule has 2 rings (SSSR count). The van der Waals surface area contributed by atoms with Crippen molar-refractivity contribution in [1.29, 1.82) is 0 Å². The van der Waals surface area contributed by atoms with Crippen molar-refractivity contribution in [2.75, 3.05) is 17.2 Å². The molecule has 0 spiro atoms. The van der Waals surface area contributed by atoms with Gasteiger partial charge in [0.25, 0.3) is 0 Å². The Hall–Kier alpha value is -2.50. The monoisotopic (exact) mass is 288 g/mol. The first-order valence-electron chi connectivity index (χ1n) is 6.98. The number of benzene rings is 1. The molecule has 0 unspecified atom stereocenters. The lowest BCUT2D eigenvalue weighted by molar-refractivity contribution is 0.262. The van der Waals surface area contributed by atoms with E-state index in [9.17, 15) is 4.79 Å². The van der Waals surface area contributed by atoms with E-state index in [1.54, 1.807) is 24.0 Å². The molecule has 1 aromatic carbocycles. The fraction of sp³-hybridized carbons (Fsp3) is 0.333. The van der Waals surface area contributed by atoms with Gasteiger partial charge in [0.05, 0.1) is 12.8 Å². The smallest absolute Gasteiger partial charge is 0.324 e. The van der Waals surface area contributed by atoms with Crippen molar-refractivity contribution in [2.45, 2.75) is 19.8 Å². The number of hydrogen-bond acceptors (Lipinski definition) is 3. The number of nitrogens with zero attached hydrogens (tertiary/aromatic N) is 2. The van der Waals surface area contributed by atoms with E-state index in [0.29, 0.717) is 18.1 Å². The number of ether oxygens (including phenoxy) is 1. The van der Waals surface area contributed by atoms with Gasteiger partial charge in [-0.3, -0.25) is 10.00 Å². The van der Waals surface area contributed by atoms with E-state index in [1.165, 1.54) is 0 Å². The number of aryl methyl sites for hydroxylation is 1. The summed E-state index contributed by atoms with van der Waals surface area (Å²) in [5.41, 5.74) is 0.706. The molecule has 1 aromatic heterocycles. The summed E-state index contributed by atoms with van der Waals surface area (Å²) in [6.45, 7) is 2.83. The van der Waals surface area contributed by atoms with Crippen LogP contribution in [0.1, 0.15) is 19.8 Å². The van der Waals surface area contributed by atoms with Crippen molar-refractivity contribution < 1.29 is 9.53 Å². The second kappa shape index (κ2) is 7.33. The minimum absolute atomic E-state index is 0.307. The van der Waals surface area contributed by atoms with Crippen molar-refractivity contribution in [1.82, 2.24) is 9.78 Å². The SMILES string of the molecule is CCCCOc1ccc(NC(=O)Nc2ccnn2C)cc1. The highest BCUT2D eigenvalue weighted by Crippen LogP contribution is 2.16. The van der Waals surface area contributed by atoms with E-state index in [2.05, 4.69) is 22.7 Å². The lowest BCUT2D eigenvalue weighted by Gasteiger charge is -2.09. The minimum Gasteiger partial charge on any atom is -0.494 e. The number of amides is 2. The Bertz CT molecular complexity index is 578. The maximum absolute atomic E-state index is 11.8. The molecule has 0 aliphatic carbocycles. The number of rotatable bonds is 6. The average Bonchev–Trinajstić information content (AvgIpc) is 2.86. The van der Waals surface area contributed by atoms with E-state index in [0.717, 1.165) is 18.6 Å². The predicted octanol–water partition coefficient (Wildman–Crippen LogP) is 3.24. The maximum atomic E-state index is 11.8. The lowest BCUT2D eigenvalue weighted by Crippen LogP contribution is -2.20. The summed E-state index contributed by atoms with van der Waals surface area (Å²) in [7, 11) is 1.76. The maximum Gasteiger partial charge on any atom is 0.324 e. The van der Waals surface area contributed by atoms with Crippen LogP contribution in [0.4, 0.5) is 16.3 Å². The van der Waals surface area contributed by atoms with Crippen molar-refractivity contribution >= 4 is 17.5 Å². The highest BCUT2D eigenvalue weighted by Gasteiger charge is 2.05. The van der Waals surface area contributed by atoms with Crippen LogP contribution in [0.3, 0.4) is 0 Å². The van der Waals surface area contributed by atoms with E-state index >= 15 is 0 Å². The van der Waals surface area contributed by atoms with Gasteiger partial charge in [0.15, 0.2) is 0 Å². The first-order valence-corrected chi connectivity index (χ1v) is 6.98. The molecule has 0 saturated heterocycles. The van der Waals surface area contributed by atoms with Gasteiger partial charge in [-0.15, -0.1) is 0 Å². The van der Waals surface area contributed by atoms with Crippen LogP contribution in [0, 0.1) is 0 Å². The number of urea groups is 1. The third kappa shape index (κ3) is 4.52. The van der Waals surface area contributed by atoms with Gasteiger partial charge in [-0.05, 0) is 30.7 Å². The Morgan fingerprint density at radius 3 is 2.62 bits per heavy atom. The van der Waals surface area contributed by atoms with Gasteiger partial charge in [-0.2, -0.15) is 5.10 Å². The van der Waals surface area contributed by atoms with E-state index in [-0.39, 0.29) is 6.03 Å². The summed E-state index contributed by atoms with van der Waals surface area (Å²) in [6, 6.07) is 8.72. The molecule has 0 radical (unpaired) electrons. The zero-order chi connectivity index (χ0) is 15.1. The molecule has 0 fully saturated rings. The molecular formula is C15H20N4O2. The lowest BCUT2D eigenvalue weighted by atomic mass is 10.3. The molecule has 1 heterocycles. The molecule has 2 aromatic rings. The first kappa shape index (κ1) is 14.9. The van der Waals surface area contributed by atoms with Crippen molar-refractivity contribution in [3.63, 3.8) is 0 Å². The zero-order valence-electron chi connectivity index (χ0n) is 12.3. The molecule has 0 aliphatic rings. The highest BCUT2D eigenvalue weighted by atomic mass is 16.5. The molecule has 0 aliphatic heterocycles. The number of anilines is 2. The molecule has 21 heavy (non-hydrogen) atoms. The number of aromatic nitrogens is 2. The molecule has 0 saturated carbocycles. The predicted molar refractivity (Wildman–Crippen MR) is 82.7 cm³/mol. The number of hydrogen-bond donors (Lipinski definition) is 2. The number of carbonyl (C=O) groups excluding carboxylic acids is 1. The van der Waals surface area contributed by atoms with Crippen LogP contribution in [-0.4, -0.2) is 22.4 Å². The van der Waals surface area contributed by atoms with Crippen LogP contribution in [-0.2, 0) is 7.05 Å². The van der Waals surface area contributed by atoms with Crippen LogP contribution < -0.4 is 15.4 Å². The second-order valence-corrected chi connectivity index (χ2v) is 4.65. The quantitative estimate of drug-likeness (QED) is 0.802. The van der Waals surface area contributed by atoms with Crippen molar-refractivity contribution in [3.8, 4) is 5.75 Å².